The van der Waals surface area contributed by atoms with Gasteiger partial charge in [0.15, 0.2) is 15.8 Å². The third-order valence-corrected chi connectivity index (χ3v) is 5.44. The minimum Gasteiger partial charge on any atom is -0.378 e. The van der Waals surface area contributed by atoms with E-state index in [0.717, 1.165) is 31.7 Å². The van der Waals surface area contributed by atoms with E-state index in [1.807, 2.05) is 18.2 Å². The molecule has 0 aliphatic carbocycles. The number of hydrogen-bond donors (Lipinski definition) is 3. The van der Waals surface area contributed by atoms with Crippen molar-refractivity contribution in [3.05, 3.63) is 64.2 Å². The van der Waals surface area contributed by atoms with Crippen molar-refractivity contribution in [2.24, 2.45) is 4.99 Å². The Bertz CT molecular complexity index is 978. The van der Waals surface area contributed by atoms with Crippen LogP contribution in [0.25, 0.3) is 0 Å². The second-order valence-electron chi connectivity index (χ2n) is 6.65. The molecule has 0 aromatic heterocycles. The number of aryl methyl sites for hydroxylation is 1. The Balaban J connectivity index is 1.78. The van der Waals surface area contributed by atoms with Crippen LogP contribution in [0, 0.1) is 10.1 Å². The maximum atomic E-state index is 11.6. The normalized spacial score (nSPS) is 11.7. The first-order valence-corrected chi connectivity index (χ1v) is 11.4. The van der Waals surface area contributed by atoms with Crippen LogP contribution in [0.4, 0.5) is 11.4 Å². The highest BCUT2D eigenvalue weighted by atomic mass is 32.2. The minimum atomic E-state index is -3.51. The van der Waals surface area contributed by atoms with Crippen LogP contribution >= 0.6 is 0 Å². The second kappa shape index (κ2) is 11.1. The summed E-state index contributed by atoms with van der Waals surface area (Å²) in [5.74, 6) is 0.645. The van der Waals surface area contributed by atoms with Gasteiger partial charge < -0.3 is 16.0 Å². The molecule has 0 unspecified atom stereocenters. The Kier molecular flexibility index (Phi) is 8.60. The molecule has 9 nitrogen and oxygen atoms in total. The number of nitrogens with zero attached hydrogens (tertiary/aromatic N) is 2. The van der Waals surface area contributed by atoms with Crippen LogP contribution in [-0.4, -0.2) is 52.2 Å². The summed E-state index contributed by atoms with van der Waals surface area (Å²) in [6.07, 6.45) is 2.95. The van der Waals surface area contributed by atoms with Crippen LogP contribution in [0.2, 0.25) is 0 Å². The summed E-state index contributed by atoms with van der Waals surface area (Å²) < 4.78 is 23.2. The highest BCUT2D eigenvalue weighted by Gasteiger charge is 2.18. The Hall–Kier alpha value is -3.14. The average Bonchev–Trinajstić information content (AvgIpc) is 2.72. The topological polar surface area (TPSA) is 126 Å². The number of sulfone groups is 1. The molecular weight excluding hydrogens is 406 g/mol. The molecular formula is C20H27N5O4S. The molecule has 0 atom stereocenters. The van der Waals surface area contributed by atoms with Crippen molar-refractivity contribution >= 4 is 27.2 Å². The lowest BCUT2D eigenvalue weighted by molar-refractivity contribution is -0.384. The summed E-state index contributed by atoms with van der Waals surface area (Å²) in [5, 5.41) is 20.6. The van der Waals surface area contributed by atoms with Crippen molar-refractivity contribution in [1.82, 2.24) is 10.6 Å². The number of nitro benzene ring substituents is 1. The van der Waals surface area contributed by atoms with Gasteiger partial charge in [-0.05, 0) is 30.5 Å². The first-order chi connectivity index (χ1) is 14.3. The van der Waals surface area contributed by atoms with Gasteiger partial charge in [0.2, 0.25) is 0 Å². The summed E-state index contributed by atoms with van der Waals surface area (Å²) in [6.45, 7) is 1.63. The standard InChI is InChI=1S/C20H27N5O4S/c1-21-20(23-12-6-9-16-7-4-3-5-8-16)24-14-13-22-18-11-10-17(30(2,28)29)15-19(18)25(26)27/h3-5,7-8,10-11,15,22H,6,9,12-14H2,1-2H3,(H2,21,23,24). The van der Waals surface area contributed by atoms with Crippen molar-refractivity contribution in [2.75, 3.05) is 38.3 Å². The zero-order chi connectivity index (χ0) is 22.0. The number of nitrogens with one attached hydrogen (secondary N) is 3. The zero-order valence-electron chi connectivity index (χ0n) is 17.1. The van der Waals surface area contributed by atoms with E-state index >= 15 is 0 Å². The summed E-state index contributed by atoms with van der Waals surface area (Å²) >= 11 is 0. The van der Waals surface area contributed by atoms with Gasteiger partial charge in [0.1, 0.15) is 5.69 Å². The van der Waals surface area contributed by atoms with Crippen LogP contribution in [0.15, 0.2) is 58.4 Å². The molecule has 3 N–H and O–H groups in total. The number of guanidine groups is 1. The Morgan fingerprint density at radius 2 is 1.77 bits per heavy atom. The van der Waals surface area contributed by atoms with E-state index < -0.39 is 14.8 Å². The predicted molar refractivity (Wildman–Crippen MR) is 119 cm³/mol. The lowest BCUT2D eigenvalue weighted by atomic mass is 10.1. The van der Waals surface area contributed by atoms with Crippen LogP contribution in [0.1, 0.15) is 12.0 Å². The molecule has 162 valence electrons. The van der Waals surface area contributed by atoms with Crippen molar-refractivity contribution in [3.8, 4) is 0 Å². The molecule has 0 heterocycles. The number of rotatable bonds is 10. The van der Waals surface area contributed by atoms with Crippen LogP contribution in [0.3, 0.4) is 0 Å². The van der Waals surface area contributed by atoms with Crippen molar-refractivity contribution < 1.29 is 13.3 Å². The fourth-order valence-corrected chi connectivity index (χ4v) is 3.43. The molecule has 0 saturated heterocycles. The third kappa shape index (κ3) is 7.36. The highest BCUT2D eigenvalue weighted by Crippen LogP contribution is 2.27. The van der Waals surface area contributed by atoms with Crippen molar-refractivity contribution in [2.45, 2.75) is 17.7 Å². The van der Waals surface area contributed by atoms with Crippen molar-refractivity contribution in [3.63, 3.8) is 0 Å². The van der Waals surface area contributed by atoms with E-state index in [4.69, 9.17) is 0 Å². The smallest absolute Gasteiger partial charge is 0.293 e. The molecule has 0 fully saturated rings. The first kappa shape index (κ1) is 23.1. The minimum absolute atomic E-state index is 0.0852. The van der Waals surface area contributed by atoms with Gasteiger partial charge in [-0.2, -0.15) is 0 Å². The average molecular weight is 434 g/mol. The largest absolute Gasteiger partial charge is 0.378 e. The van der Waals surface area contributed by atoms with Gasteiger partial charge in [-0.1, -0.05) is 30.3 Å². The van der Waals surface area contributed by atoms with Crippen molar-refractivity contribution in [1.29, 1.82) is 0 Å². The quantitative estimate of drug-likeness (QED) is 0.172. The van der Waals surface area contributed by atoms with E-state index in [0.29, 0.717) is 19.0 Å². The van der Waals surface area contributed by atoms with Gasteiger partial charge in [0.25, 0.3) is 5.69 Å². The van der Waals surface area contributed by atoms with Crippen LogP contribution < -0.4 is 16.0 Å². The summed E-state index contributed by atoms with van der Waals surface area (Å²) in [5.41, 5.74) is 1.27. The third-order valence-electron chi connectivity index (χ3n) is 4.33. The van der Waals surface area contributed by atoms with E-state index in [9.17, 15) is 18.5 Å². The molecule has 0 aliphatic heterocycles. The van der Waals surface area contributed by atoms with Gasteiger partial charge in [0, 0.05) is 39.0 Å². The molecule has 2 rings (SSSR count). The molecule has 0 bridgehead atoms. The number of aliphatic imine (C=N–C) groups is 1. The Morgan fingerprint density at radius 1 is 1.07 bits per heavy atom. The summed E-state index contributed by atoms with van der Waals surface area (Å²) in [6, 6.07) is 14.1. The number of hydrogen-bond acceptors (Lipinski definition) is 6. The fraction of sp³-hybridized carbons (Fsp3) is 0.350. The van der Waals surface area contributed by atoms with E-state index in [1.54, 1.807) is 7.05 Å². The molecule has 0 radical (unpaired) electrons. The van der Waals surface area contributed by atoms with E-state index in [2.05, 4.69) is 33.1 Å². The Labute approximate surface area is 176 Å². The van der Waals surface area contributed by atoms with E-state index in [1.165, 1.54) is 17.7 Å². The molecule has 10 heteroatoms. The zero-order valence-corrected chi connectivity index (χ0v) is 17.9. The molecule has 0 amide bonds. The monoisotopic (exact) mass is 433 g/mol. The number of benzene rings is 2. The van der Waals surface area contributed by atoms with Gasteiger partial charge >= 0.3 is 0 Å². The molecule has 2 aromatic rings. The lowest BCUT2D eigenvalue weighted by Gasteiger charge is -2.13. The molecule has 2 aromatic carbocycles. The molecule has 0 saturated carbocycles. The SMILES string of the molecule is CN=C(NCCCc1ccccc1)NCCNc1ccc(S(C)(=O)=O)cc1[N+](=O)[O-]. The Morgan fingerprint density at radius 3 is 2.40 bits per heavy atom. The molecule has 0 aliphatic rings. The first-order valence-electron chi connectivity index (χ1n) is 9.52. The van der Waals surface area contributed by atoms with Gasteiger partial charge in [-0.15, -0.1) is 0 Å². The molecule has 30 heavy (non-hydrogen) atoms. The molecule has 0 spiro atoms. The predicted octanol–water partition coefficient (Wildman–Crippen LogP) is 2.21. The van der Waals surface area contributed by atoms with Gasteiger partial charge in [-0.3, -0.25) is 15.1 Å². The number of anilines is 1. The maximum absolute atomic E-state index is 11.6. The lowest BCUT2D eigenvalue weighted by Crippen LogP contribution is -2.40. The summed E-state index contributed by atoms with van der Waals surface area (Å²) in [7, 11) is -1.84. The fourth-order valence-electron chi connectivity index (χ4n) is 2.79. The van der Waals surface area contributed by atoms with E-state index in [-0.39, 0.29) is 16.3 Å². The van der Waals surface area contributed by atoms with Crippen LogP contribution in [-0.2, 0) is 16.3 Å². The van der Waals surface area contributed by atoms with Crippen LogP contribution in [0.5, 0.6) is 0 Å². The second-order valence-corrected chi connectivity index (χ2v) is 8.67. The maximum Gasteiger partial charge on any atom is 0.293 e. The van der Waals surface area contributed by atoms with Gasteiger partial charge in [-0.25, -0.2) is 8.42 Å². The van der Waals surface area contributed by atoms with Gasteiger partial charge in [0.05, 0.1) is 9.82 Å². The number of nitro groups is 1. The highest BCUT2D eigenvalue weighted by molar-refractivity contribution is 7.90. The summed E-state index contributed by atoms with van der Waals surface area (Å²) in [4.78, 5) is 14.7.